The van der Waals surface area contributed by atoms with Crippen molar-refractivity contribution < 1.29 is 8.78 Å². The Bertz CT molecular complexity index is 795. The van der Waals surface area contributed by atoms with E-state index in [1.54, 1.807) is 0 Å². The summed E-state index contributed by atoms with van der Waals surface area (Å²) < 4.78 is 29.0. The van der Waals surface area contributed by atoms with Crippen LogP contribution in [0.2, 0.25) is 0 Å². The van der Waals surface area contributed by atoms with Gasteiger partial charge in [-0.25, -0.2) is 13.8 Å². The lowest BCUT2D eigenvalue weighted by molar-refractivity contribution is 0.522. The van der Waals surface area contributed by atoms with Gasteiger partial charge in [-0.3, -0.25) is 0 Å². The second-order valence-electron chi connectivity index (χ2n) is 5.03. The van der Waals surface area contributed by atoms with Crippen molar-refractivity contribution in [3.8, 4) is 0 Å². The molecule has 3 nitrogen and oxygen atoms in total. The molecule has 1 heterocycles. The number of rotatable bonds is 3. The average molecular weight is 287 g/mol. The topological polar surface area (TPSA) is 43.8 Å². The number of fused-ring (bicyclic) bond motifs is 1. The van der Waals surface area contributed by atoms with Gasteiger partial charge in [0.1, 0.15) is 17.5 Å². The molecule has 2 N–H and O–H groups in total. The number of nitrogens with zero attached hydrogens (tertiary/aromatic N) is 2. The maximum Gasteiger partial charge on any atom is 0.128 e. The zero-order chi connectivity index (χ0) is 15.0. The van der Waals surface area contributed by atoms with Crippen molar-refractivity contribution in [2.75, 3.05) is 0 Å². The van der Waals surface area contributed by atoms with Gasteiger partial charge in [0.05, 0.1) is 17.1 Å². The number of halogens is 2. The van der Waals surface area contributed by atoms with E-state index in [1.807, 2.05) is 35.8 Å². The summed E-state index contributed by atoms with van der Waals surface area (Å²) in [7, 11) is 0. The van der Waals surface area contributed by atoms with Crippen molar-refractivity contribution in [1.82, 2.24) is 9.55 Å². The second kappa shape index (κ2) is 5.26. The molecule has 0 aliphatic rings. The van der Waals surface area contributed by atoms with Gasteiger partial charge >= 0.3 is 0 Å². The SMILES string of the molecule is Cc1nc2ccccc2n1CC(N)c1cc(F)ccc1F. The fourth-order valence-corrected chi connectivity index (χ4v) is 2.52. The van der Waals surface area contributed by atoms with E-state index in [9.17, 15) is 8.78 Å². The molecule has 0 radical (unpaired) electrons. The van der Waals surface area contributed by atoms with Crippen molar-refractivity contribution in [1.29, 1.82) is 0 Å². The molecule has 1 unspecified atom stereocenters. The van der Waals surface area contributed by atoms with E-state index in [0.717, 1.165) is 35.1 Å². The lowest BCUT2D eigenvalue weighted by atomic mass is 10.1. The van der Waals surface area contributed by atoms with Crippen LogP contribution in [0.3, 0.4) is 0 Å². The molecule has 0 spiro atoms. The molecule has 0 aliphatic carbocycles. The molecule has 0 saturated heterocycles. The van der Waals surface area contributed by atoms with Gasteiger partial charge in [-0.05, 0) is 37.3 Å². The normalized spacial score (nSPS) is 12.8. The van der Waals surface area contributed by atoms with Gasteiger partial charge in [-0.15, -0.1) is 0 Å². The Morgan fingerprint density at radius 2 is 1.95 bits per heavy atom. The van der Waals surface area contributed by atoms with Gasteiger partial charge in [-0.2, -0.15) is 0 Å². The number of para-hydroxylation sites is 2. The highest BCUT2D eigenvalue weighted by molar-refractivity contribution is 5.75. The third-order valence-corrected chi connectivity index (χ3v) is 3.58. The fourth-order valence-electron chi connectivity index (χ4n) is 2.52. The van der Waals surface area contributed by atoms with Crippen LogP contribution in [0.1, 0.15) is 17.4 Å². The van der Waals surface area contributed by atoms with Gasteiger partial charge in [0, 0.05) is 12.1 Å². The van der Waals surface area contributed by atoms with E-state index in [2.05, 4.69) is 4.98 Å². The van der Waals surface area contributed by atoms with E-state index >= 15 is 0 Å². The molecule has 108 valence electrons. The zero-order valence-corrected chi connectivity index (χ0v) is 11.6. The van der Waals surface area contributed by atoms with Crippen LogP contribution in [0.4, 0.5) is 8.78 Å². The maximum absolute atomic E-state index is 13.8. The summed E-state index contributed by atoms with van der Waals surface area (Å²) in [5.74, 6) is -0.191. The van der Waals surface area contributed by atoms with Crippen LogP contribution < -0.4 is 5.73 Å². The van der Waals surface area contributed by atoms with Crippen molar-refractivity contribution in [2.45, 2.75) is 19.5 Å². The Hall–Kier alpha value is -2.27. The fraction of sp³-hybridized carbons (Fsp3) is 0.188. The lowest BCUT2D eigenvalue weighted by Gasteiger charge is -2.15. The highest BCUT2D eigenvalue weighted by atomic mass is 19.1. The van der Waals surface area contributed by atoms with E-state index in [0.29, 0.717) is 6.54 Å². The third-order valence-electron chi connectivity index (χ3n) is 3.58. The quantitative estimate of drug-likeness (QED) is 0.803. The Morgan fingerprint density at radius 3 is 2.76 bits per heavy atom. The number of aryl methyl sites for hydroxylation is 1. The smallest absolute Gasteiger partial charge is 0.128 e. The van der Waals surface area contributed by atoms with Crippen molar-refractivity contribution in [2.24, 2.45) is 5.73 Å². The molecule has 21 heavy (non-hydrogen) atoms. The number of imidazole rings is 1. The van der Waals surface area contributed by atoms with Gasteiger partial charge in [0.15, 0.2) is 0 Å². The molecule has 0 amide bonds. The molecule has 3 rings (SSSR count). The predicted molar refractivity (Wildman–Crippen MR) is 77.8 cm³/mol. The second-order valence-corrected chi connectivity index (χ2v) is 5.03. The molecule has 3 aromatic rings. The van der Waals surface area contributed by atoms with Crippen molar-refractivity contribution in [3.05, 3.63) is 65.5 Å². The first-order chi connectivity index (χ1) is 10.1. The van der Waals surface area contributed by atoms with Crippen LogP contribution in [-0.4, -0.2) is 9.55 Å². The highest BCUT2D eigenvalue weighted by Crippen LogP contribution is 2.22. The molecule has 0 fully saturated rings. The van der Waals surface area contributed by atoms with Crippen molar-refractivity contribution >= 4 is 11.0 Å². The molecular weight excluding hydrogens is 272 g/mol. The monoisotopic (exact) mass is 287 g/mol. The average Bonchev–Trinajstić information content (AvgIpc) is 2.78. The van der Waals surface area contributed by atoms with Crippen LogP contribution >= 0.6 is 0 Å². The predicted octanol–water partition coefficient (Wildman–Crippen LogP) is 3.32. The molecule has 0 saturated carbocycles. The van der Waals surface area contributed by atoms with E-state index < -0.39 is 17.7 Å². The maximum atomic E-state index is 13.8. The summed E-state index contributed by atoms with van der Waals surface area (Å²) in [4.78, 5) is 4.44. The largest absolute Gasteiger partial charge is 0.326 e. The van der Waals surface area contributed by atoms with Crippen LogP contribution in [0.25, 0.3) is 11.0 Å². The Kier molecular flexibility index (Phi) is 3.43. The molecule has 1 aromatic heterocycles. The first-order valence-electron chi connectivity index (χ1n) is 6.68. The number of nitrogens with two attached hydrogens (primary N) is 1. The molecular formula is C16H15F2N3. The Balaban J connectivity index is 1.98. The van der Waals surface area contributed by atoms with Gasteiger partial charge in [-0.1, -0.05) is 12.1 Å². The van der Waals surface area contributed by atoms with Crippen LogP contribution in [0.5, 0.6) is 0 Å². The Morgan fingerprint density at radius 1 is 1.19 bits per heavy atom. The Labute approximate surface area is 121 Å². The minimum absolute atomic E-state index is 0.173. The van der Waals surface area contributed by atoms with Crippen LogP contribution in [0, 0.1) is 18.6 Å². The summed E-state index contributed by atoms with van der Waals surface area (Å²) >= 11 is 0. The van der Waals surface area contributed by atoms with Gasteiger partial charge in [0.2, 0.25) is 0 Å². The van der Waals surface area contributed by atoms with Gasteiger partial charge in [0.25, 0.3) is 0 Å². The summed E-state index contributed by atoms with van der Waals surface area (Å²) in [6.45, 7) is 2.21. The van der Waals surface area contributed by atoms with E-state index in [-0.39, 0.29) is 5.56 Å². The lowest BCUT2D eigenvalue weighted by Crippen LogP contribution is -2.19. The molecule has 5 heteroatoms. The molecule has 0 bridgehead atoms. The molecule has 2 aromatic carbocycles. The van der Waals surface area contributed by atoms with E-state index in [4.69, 9.17) is 5.73 Å². The van der Waals surface area contributed by atoms with Crippen LogP contribution in [-0.2, 0) is 6.54 Å². The minimum atomic E-state index is -0.642. The van der Waals surface area contributed by atoms with E-state index in [1.165, 1.54) is 0 Å². The van der Waals surface area contributed by atoms with Gasteiger partial charge < -0.3 is 10.3 Å². The third kappa shape index (κ3) is 2.52. The number of aromatic nitrogens is 2. The summed E-state index contributed by atoms with van der Waals surface area (Å²) in [6, 6.07) is 10.4. The number of hydrogen-bond acceptors (Lipinski definition) is 2. The summed E-state index contributed by atoms with van der Waals surface area (Å²) in [6.07, 6.45) is 0. The standard InChI is InChI=1S/C16H15F2N3/c1-10-20-15-4-2-3-5-16(15)21(10)9-14(19)12-8-11(17)6-7-13(12)18/h2-8,14H,9,19H2,1H3. The minimum Gasteiger partial charge on any atom is -0.326 e. The van der Waals surface area contributed by atoms with Crippen LogP contribution in [0.15, 0.2) is 42.5 Å². The van der Waals surface area contributed by atoms with Crippen molar-refractivity contribution in [3.63, 3.8) is 0 Å². The highest BCUT2D eigenvalue weighted by Gasteiger charge is 2.16. The molecule has 0 aliphatic heterocycles. The zero-order valence-electron chi connectivity index (χ0n) is 11.6. The number of benzene rings is 2. The first kappa shape index (κ1) is 13.7. The summed E-state index contributed by atoms with van der Waals surface area (Å²) in [5.41, 5.74) is 8.03. The first-order valence-corrected chi connectivity index (χ1v) is 6.68. The molecule has 1 atom stereocenters. The summed E-state index contributed by atoms with van der Waals surface area (Å²) in [5, 5.41) is 0. The number of hydrogen-bond donors (Lipinski definition) is 1.